The number of aliphatic carboxylic acids is 1. The van der Waals surface area contributed by atoms with Crippen LogP contribution in [0.25, 0.3) is 0 Å². The summed E-state index contributed by atoms with van der Waals surface area (Å²) in [7, 11) is 1.34. The van der Waals surface area contributed by atoms with Crippen LogP contribution in [0.2, 0.25) is 0 Å². The zero-order valence-electron chi connectivity index (χ0n) is 16.9. The molecule has 1 aliphatic rings. The Bertz CT molecular complexity index is 692. The molecule has 1 saturated carbocycles. The molecular weight excluding hydrogens is 368 g/mol. The second-order valence-corrected chi connectivity index (χ2v) is 7.02. The summed E-state index contributed by atoms with van der Waals surface area (Å²) in [5, 5.41) is 10.9. The lowest BCUT2D eigenvalue weighted by Gasteiger charge is -2.26. The molecular formula is C23H30N2O4. The number of nitrogens with one attached hydrogen (secondary N) is 1. The fourth-order valence-electron chi connectivity index (χ4n) is 3.36. The van der Waals surface area contributed by atoms with Gasteiger partial charge in [-0.1, -0.05) is 55.7 Å². The van der Waals surface area contributed by atoms with E-state index in [1.54, 1.807) is 4.90 Å². The minimum Gasteiger partial charge on any atom is -0.480 e. The summed E-state index contributed by atoms with van der Waals surface area (Å²) in [6.07, 6.45) is 6.39. The van der Waals surface area contributed by atoms with Gasteiger partial charge in [0, 0.05) is 13.7 Å². The second kappa shape index (κ2) is 12.6. The van der Waals surface area contributed by atoms with E-state index in [4.69, 9.17) is 5.11 Å². The molecule has 3 rings (SSSR count). The second-order valence-electron chi connectivity index (χ2n) is 7.02. The Balaban J connectivity index is 0.000000438. The summed E-state index contributed by atoms with van der Waals surface area (Å²) in [6, 6.07) is 19.6. The molecule has 1 aliphatic carbocycles. The van der Waals surface area contributed by atoms with E-state index in [9.17, 15) is 9.59 Å². The Morgan fingerprint density at radius 2 is 1.48 bits per heavy atom. The van der Waals surface area contributed by atoms with E-state index >= 15 is 0 Å². The van der Waals surface area contributed by atoms with E-state index in [2.05, 4.69) is 10.1 Å². The molecule has 6 heteroatoms. The van der Waals surface area contributed by atoms with Crippen LogP contribution in [-0.2, 0) is 9.53 Å². The average molecular weight is 399 g/mol. The number of methoxy groups -OCH3 is 1. The molecule has 6 nitrogen and oxygen atoms in total. The van der Waals surface area contributed by atoms with Crippen LogP contribution in [-0.4, -0.2) is 37.4 Å². The fourth-order valence-corrected chi connectivity index (χ4v) is 3.36. The molecule has 0 spiro atoms. The minimum atomic E-state index is -0.933. The summed E-state index contributed by atoms with van der Waals surface area (Å²) >= 11 is 0. The lowest BCUT2D eigenvalue weighted by atomic mass is 9.89. The first-order chi connectivity index (χ1) is 14.1. The van der Waals surface area contributed by atoms with Gasteiger partial charge in [-0.15, -0.1) is 0 Å². The Morgan fingerprint density at radius 1 is 0.966 bits per heavy atom. The van der Waals surface area contributed by atoms with Gasteiger partial charge in [-0.3, -0.25) is 4.90 Å². The lowest BCUT2D eigenvalue weighted by molar-refractivity contribution is -0.141. The van der Waals surface area contributed by atoms with E-state index in [1.165, 1.54) is 39.2 Å². The first-order valence-electron chi connectivity index (χ1n) is 10.0. The van der Waals surface area contributed by atoms with Crippen molar-refractivity contribution in [2.45, 2.75) is 32.1 Å². The summed E-state index contributed by atoms with van der Waals surface area (Å²) in [5.41, 5.74) is 1.78. The van der Waals surface area contributed by atoms with Crippen molar-refractivity contribution in [1.29, 1.82) is 0 Å². The van der Waals surface area contributed by atoms with Gasteiger partial charge >= 0.3 is 12.0 Å². The number of carboxylic acid groups (broad SMARTS) is 1. The van der Waals surface area contributed by atoms with Crippen LogP contribution in [0.5, 0.6) is 0 Å². The number of hydrogen-bond acceptors (Lipinski definition) is 3. The number of amides is 2. The van der Waals surface area contributed by atoms with Gasteiger partial charge in [-0.25, -0.2) is 9.59 Å². The topological polar surface area (TPSA) is 78.9 Å². The molecule has 1 fully saturated rings. The smallest absolute Gasteiger partial charge is 0.329 e. The molecule has 0 saturated heterocycles. The molecule has 0 atom stereocenters. The van der Waals surface area contributed by atoms with Gasteiger partial charge in [0.2, 0.25) is 0 Å². The largest absolute Gasteiger partial charge is 0.480 e. The molecule has 0 bridgehead atoms. The first kappa shape index (κ1) is 22.4. The molecule has 2 N–H and O–H groups in total. The van der Waals surface area contributed by atoms with Gasteiger partial charge in [0.05, 0.1) is 11.4 Å². The monoisotopic (exact) mass is 398 g/mol. The van der Waals surface area contributed by atoms with Crippen LogP contribution < -0.4 is 10.2 Å². The van der Waals surface area contributed by atoms with Crippen molar-refractivity contribution in [3.63, 3.8) is 0 Å². The fraction of sp³-hybridized carbons (Fsp3) is 0.391. The van der Waals surface area contributed by atoms with Gasteiger partial charge in [-0.2, -0.15) is 0 Å². The van der Waals surface area contributed by atoms with E-state index in [-0.39, 0.29) is 12.6 Å². The highest BCUT2D eigenvalue weighted by molar-refractivity contribution is 5.99. The lowest BCUT2D eigenvalue weighted by Crippen LogP contribution is -2.39. The number of para-hydroxylation sites is 2. The number of urea groups is 1. The number of benzene rings is 2. The van der Waals surface area contributed by atoms with E-state index in [0.29, 0.717) is 5.92 Å². The van der Waals surface area contributed by atoms with E-state index in [1.807, 2.05) is 60.7 Å². The third-order valence-electron chi connectivity index (χ3n) is 4.77. The normalized spacial score (nSPS) is 13.7. The Labute approximate surface area is 172 Å². The SMILES string of the molecule is COCC(=O)O.O=C(NCC1CCCCC1)N(c1ccccc1)c1ccccc1. The number of anilines is 2. The van der Waals surface area contributed by atoms with Crippen LogP contribution in [0.4, 0.5) is 16.2 Å². The van der Waals surface area contributed by atoms with E-state index < -0.39 is 5.97 Å². The van der Waals surface area contributed by atoms with Gasteiger partial charge in [0.25, 0.3) is 0 Å². The number of carbonyl (C=O) groups excluding carboxylic acids is 1. The third kappa shape index (κ3) is 7.95. The number of carboxylic acids is 1. The summed E-state index contributed by atoms with van der Waals surface area (Å²) in [5.74, 6) is -0.307. The molecule has 29 heavy (non-hydrogen) atoms. The first-order valence-corrected chi connectivity index (χ1v) is 10.0. The van der Waals surface area contributed by atoms with Crippen molar-refractivity contribution in [3.05, 3.63) is 60.7 Å². The van der Waals surface area contributed by atoms with Crippen LogP contribution in [0.3, 0.4) is 0 Å². The molecule has 2 amide bonds. The van der Waals surface area contributed by atoms with Gasteiger partial charge in [0.1, 0.15) is 6.61 Å². The predicted molar refractivity (Wildman–Crippen MR) is 115 cm³/mol. The van der Waals surface area contributed by atoms with Crippen LogP contribution >= 0.6 is 0 Å². The third-order valence-corrected chi connectivity index (χ3v) is 4.77. The van der Waals surface area contributed by atoms with Crippen molar-refractivity contribution >= 4 is 23.4 Å². The molecule has 0 aliphatic heterocycles. The Kier molecular flexibility index (Phi) is 9.72. The van der Waals surface area contributed by atoms with Crippen molar-refractivity contribution in [2.75, 3.05) is 25.2 Å². The quantitative estimate of drug-likeness (QED) is 0.730. The highest BCUT2D eigenvalue weighted by Crippen LogP contribution is 2.26. The maximum Gasteiger partial charge on any atom is 0.329 e. The summed E-state index contributed by atoms with van der Waals surface area (Å²) < 4.78 is 4.20. The molecule has 0 radical (unpaired) electrons. The van der Waals surface area contributed by atoms with Crippen molar-refractivity contribution in [1.82, 2.24) is 5.32 Å². The summed E-state index contributed by atoms with van der Waals surface area (Å²) in [4.78, 5) is 24.0. The maximum atomic E-state index is 12.8. The highest BCUT2D eigenvalue weighted by atomic mass is 16.5. The van der Waals surface area contributed by atoms with Crippen LogP contribution in [0.15, 0.2) is 60.7 Å². The standard InChI is InChI=1S/C20H24N2O.C3H6O3/c23-20(21-16-17-10-4-1-5-11-17)22(18-12-6-2-7-13-18)19-14-8-3-9-15-19;1-6-2-3(4)5/h2-3,6-9,12-15,17H,1,4-5,10-11,16H2,(H,21,23);2H2,1H3,(H,4,5). The predicted octanol–water partition coefficient (Wildman–Crippen LogP) is 4.83. The number of rotatable bonds is 6. The van der Waals surface area contributed by atoms with Gasteiger partial charge in [0.15, 0.2) is 0 Å². The van der Waals surface area contributed by atoms with Crippen LogP contribution in [0.1, 0.15) is 32.1 Å². The average Bonchev–Trinajstić information content (AvgIpc) is 2.75. The molecule has 0 heterocycles. The van der Waals surface area contributed by atoms with Gasteiger partial charge in [-0.05, 0) is 43.0 Å². The molecule has 156 valence electrons. The molecule has 2 aromatic carbocycles. The van der Waals surface area contributed by atoms with Gasteiger partial charge < -0.3 is 15.2 Å². The zero-order chi connectivity index (χ0) is 20.9. The molecule has 2 aromatic rings. The zero-order valence-corrected chi connectivity index (χ0v) is 16.9. The van der Waals surface area contributed by atoms with Crippen molar-refractivity contribution in [3.8, 4) is 0 Å². The van der Waals surface area contributed by atoms with E-state index in [0.717, 1.165) is 17.9 Å². The Hall–Kier alpha value is -2.86. The number of carbonyl (C=O) groups is 2. The highest BCUT2D eigenvalue weighted by Gasteiger charge is 2.20. The molecule has 0 aromatic heterocycles. The maximum absolute atomic E-state index is 12.8. The van der Waals surface area contributed by atoms with Crippen molar-refractivity contribution < 1.29 is 19.4 Å². The number of ether oxygens (including phenoxy) is 1. The number of nitrogens with zero attached hydrogens (tertiary/aromatic N) is 1. The van der Waals surface area contributed by atoms with Crippen LogP contribution in [0, 0.1) is 5.92 Å². The van der Waals surface area contributed by atoms with Crippen molar-refractivity contribution in [2.24, 2.45) is 5.92 Å². The summed E-state index contributed by atoms with van der Waals surface area (Å²) in [6.45, 7) is 0.564. The Morgan fingerprint density at radius 3 is 1.90 bits per heavy atom. The molecule has 0 unspecified atom stereocenters. The minimum absolute atomic E-state index is 0.0482. The number of hydrogen-bond donors (Lipinski definition) is 2.